The fraction of sp³-hybridized carbons (Fsp3) is 0.0833. The first-order chi connectivity index (χ1) is 16.4. The van der Waals surface area contributed by atoms with Crippen LogP contribution in [0.15, 0.2) is 88.2 Å². The van der Waals surface area contributed by atoms with Crippen LogP contribution in [-0.4, -0.2) is 31.6 Å². The zero-order valence-corrected chi connectivity index (χ0v) is 19.2. The maximum absolute atomic E-state index is 12.7. The monoisotopic (exact) mass is 472 g/mol. The zero-order chi connectivity index (χ0) is 24.1. The molecule has 0 aliphatic heterocycles. The summed E-state index contributed by atoms with van der Waals surface area (Å²) in [5, 5.41) is 16.0. The Hall–Kier alpha value is -4.31. The number of aromatic nitrogens is 3. The number of benzene rings is 2. The average Bonchev–Trinajstić information content (AvgIpc) is 3.14. The van der Waals surface area contributed by atoms with E-state index in [0.29, 0.717) is 21.2 Å². The first-order valence-corrected chi connectivity index (χ1v) is 11.1. The number of nitrogens with one attached hydrogen (secondary N) is 1. The topological polar surface area (TPSA) is 115 Å². The minimum absolute atomic E-state index is 0.0980. The molecule has 4 rings (SSSR count). The second kappa shape index (κ2) is 10.1. The highest BCUT2D eigenvalue weighted by atomic mass is 32.2. The number of aryl methyl sites for hydroxylation is 1. The van der Waals surface area contributed by atoms with Crippen molar-refractivity contribution in [3.05, 3.63) is 106 Å². The third-order valence-electron chi connectivity index (χ3n) is 4.99. The molecule has 2 heterocycles. The predicted molar refractivity (Wildman–Crippen MR) is 130 cm³/mol. The van der Waals surface area contributed by atoms with Crippen LogP contribution in [0.2, 0.25) is 0 Å². The molecule has 4 aromatic rings. The maximum atomic E-state index is 12.7. The van der Waals surface area contributed by atoms with Crippen LogP contribution >= 0.6 is 11.8 Å². The highest BCUT2D eigenvalue weighted by molar-refractivity contribution is 7.99. The van der Waals surface area contributed by atoms with Crippen LogP contribution < -0.4 is 5.43 Å². The molecule has 0 saturated heterocycles. The molecule has 0 radical (unpaired) electrons. The lowest BCUT2D eigenvalue weighted by molar-refractivity contribution is -0.387. The lowest BCUT2D eigenvalue weighted by atomic mass is 10.2. The van der Waals surface area contributed by atoms with Crippen molar-refractivity contribution in [2.45, 2.75) is 23.9 Å². The smallest absolute Gasteiger partial charge is 0.283 e. The molecule has 34 heavy (non-hydrogen) atoms. The molecule has 170 valence electrons. The van der Waals surface area contributed by atoms with Gasteiger partial charge in [-0.2, -0.15) is 5.10 Å². The van der Waals surface area contributed by atoms with Gasteiger partial charge < -0.3 is 4.57 Å². The molecule has 0 saturated carbocycles. The number of hydrazone groups is 1. The number of para-hydroxylation sites is 1. The van der Waals surface area contributed by atoms with E-state index < -0.39 is 4.92 Å². The van der Waals surface area contributed by atoms with E-state index in [1.165, 1.54) is 12.3 Å². The molecule has 0 atom stereocenters. The Morgan fingerprint density at radius 2 is 1.82 bits per heavy atom. The average molecular weight is 473 g/mol. The standard InChI is InChI=1S/C24H20N6O3S/c1-16-13-20(17(2)29(16)19-7-4-3-5-8-19)23(31)28-27-15-18-9-10-22(21(14-18)30(32)33)34-24-25-11-6-12-26-24/h3-15H,1-2H3,(H,28,31)/b27-15-. The Bertz CT molecular complexity index is 1370. The van der Waals surface area contributed by atoms with E-state index in [1.54, 1.807) is 36.7 Å². The minimum Gasteiger partial charge on any atom is -0.318 e. The van der Waals surface area contributed by atoms with Crippen molar-refractivity contribution in [1.29, 1.82) is 0 Å². The number of rotatable bonds is 7. The van der Waals surface area contributed by atoms with Gasteiger partial charge in [0.2, 0.25) is 0 Å². The number of hydrogen-bond donors (Lipinski definition) is 1. The Labute approximate surface area is 199 Å². The number of amides is 1. The summed E-state index contributed by atoms with van der Waals surface area (Å²) in [5.41, 5.74) is 6.05. The molecular weight excluding hydrogens is 452 g/mol. The molecule has 1 amide bonds. The fourth-order valence-corrected chi connectivity index (χ4v) is 4.27. The number of nitro groups is 1. The third-order valence-corrected chi connectivity index (χ3v) is 5.95. The summed E-state index contributed by atoms with van der Waals surface area (Å²) in [6, 6.07) is 17.9. The van der Waals surface area contributed by atoms with Crippen molar-refractivity contribution in [3.8, 4) is 5.69 Å². The Kier molecular flexibility index (Phi) is 6.79. The molecule has 0 fully saturated rings. The molecule has 0 unspecified atom stereocenters. The van der Waals surface area contributed by atoms with Crippen molar-refractivity contribution in [1.82, 2.24) is 20.0 Å². The second-order valence-electron chi connectivity index (χ2n) is 7.27. The third kappa shape index (κ3) is 5.02. The van der Waals surface area contributed by atoms with Gasteiger partial charge in [-0.05, 0) is 55.9 Å². The van der Waals surface area contributed by atoms with Crippen molar-refractivity contribution in [2.75, 3.05) is 0 Å². The summed E-state index contributed by atoms with van der Waals surface area (Å²) >= 11 is 1.10. The van der Waals surface area contributed by atoms with Gasteiger partial charge in [-0.1, -0.05) is 24.3 Å². The van der Waals surface area contributed by atoms with Gasteiger partial charge in [0.25, 0.3) is 11.6 Å². The van der Waals surface area contributed by atoms with Crippen LogP contribution in [0.5, 0.6) is 0 Å². The van der Waals surface area contributed by atoms with E-state index in [9.17, 15) is 14.9 Å². The normalized spacial score (nSPS) is 11.0. The van der Waals surface area contributed by atoms with E-state index in [2.05, 4.69) is 20.5 Å². The van der Waals surface area contributed by atoms with Crippen LogP contribution in [-0.2, 0) is 0 Å². The Morgan fingerprint density at radius 3 is 2.53 bits per heavy atom. The molecule has 2 aromatic carbocycles. The summed E-state index contributed by atoms with van der Waals surface area (Å²) in [6.45, 7) is 3.80. The van der Waals surface area contributed by atoms with Gasteiger partial charge in [0.05, 0.1) is 21.6 Å². The van der Waals surface area contributed by atoms with Gasteiger partial charge in [0.15, 0.2) is 5.16 Å². The van der Waals surface area contributed by atoms with E-state index in [1.807, 2.05) is 48.7 Å². The Morgan fingerprint density at radius 1 is 1.09 bits per heavy atom. The lowest BCUT2D eigenvalue weighted by Crippen LogP contribution is -2.18. The van der Waals surface area contributed by atoms with Crippen molar-refractivity contribution in [3.63, 3.8) is 0 Å². The van der Waals surface area contributed by atoms with Gasteiger partial charge in [0, 0.05) is 41.1 Å². The SMILES string of the molecule is Cc1cc(C(=O)N/N=C\c2ccc(Sc3ncccn3)c([N+](=O)[O-])c2)c(C)n1-c1ccccc1. The van der Waals surface area contributed by atoms with E-state index in [-0.39, 0.29) is 11.6 Å². The number of carbonyl (C=O) groups excluding carboxylic acids is 1. The van der Waals surface area contributed by atoms with E-state index in [4.69, 9.17) is 0 Å². The van der Waals surface area contributed by atoms with Crippen LogP contribution in [0.25, 0.3) is 5.69 Å². The second-order valence-corrected chi connectivity index (χ2v) is 8.28. The fourth-order valence-electron chi connectivity index (χ4n) is 3.47. The van der Waals surface area contributed by atoms with Gasteiger partial charge in [0.1, 0.15) is 0 Å². The molecule has 1 N–H and O–H groups in total. The molecule has 2 aromatic heterocycles. The number of hydrogen-bond acceptors (Lipinski definition) is 7. The Balaban J connectivity index is 1.50. The number of nitro benzene ring substituents is 1. The summed E-state index contributed by atoms with van der Waals surface area (Å²) in [7, 11) is 0. The molecule has 0 spiro atoms. The van der Waals surface area contributed by atoms with Crippen molar-refractivity contribution >= 4 is 29.6 Å². The molecule has 0 aliphatic rings. The molecule has 0 aliphatic carbocycles. The summed E-state index contributed by atoms with van der Waals surface area (Å²) < 4.78 is 1.99. The van der Waals surface area contributed by atoms with Crippen LogP contribution in [0.3, 0.4) is 0 Å². The molecule has 9 nitrogen and oxygen atoms in total. The van der Waals surface area contributed by atoms with Crippen molar-refractivity contribution < 1.29 is 9.72 Å². The van der Waals surface area contributed by atoms with Crippen LogP contribution in [0.1, 0.15) is 27.3 Å². The molecule has 10 heteroatoms. The number of nitrogens with zero attached hydrogens (tertiary/aromatic N) is 5. The minimum atomic E-state index is -0.473. The van der Waals surface area contributed by atoms with Crippen LogP contribution in [0, 0.1) is 24.0 Å². The molecular formula is C24H20N6O3S. The highest BCUT2D eigenvalue weighted by Gasteiger charge is 2.18. The van der Waals surface area contributed by atoms with E-state index >= 15 is 0 Å². The van der Waals surface area contributed by atoms with Gasteiger partial charge in [-0.15, -0.1) is 0 Å². The molecule has 0 bridgehead atoms. The lowest BCUT2D eigenvalue weighted by Gasteiger charge is -2.09. The highest BCUT2D eigenvalue weighted by Crippen LogP contribution is 2.33. The summed E-state index contributed by atoms with van der Waals surface area (Å²) in [6.07, 6.45) is 4.51. The predicted octanol–water partition coefficient (Wildman–Crippen LogP) is 4.71. The number of carbonyl (C=O) groups is 1. The largest absolute Gasteiger partial charge is 0.318 e. The summed E-state index contributed by atoms with van der Waals surface area (Å²) in [5.74, 6) is -0.366. The quantitative estimate of drug-likeness (QED) is 0.180. The summed E-state index contributed by atoms with van der Waals surface area (Å²) in [4.78, 5) is 32.4. The van der Waals surface area contributed by atoms with Crippen molar-refractivity contribution in [2.24, 2.45) is 5.10 Å². The maximum Gasteiger partial charge on any atom is 0.283 e. The first-order valence-electron chi connectivity index (χ1n) is 10.2. The zero-order valence-electron chi connectivity index (χ0n) is 18.4. The van der Waals surface area contributed by atoms with Gasteiger partial charge >= 0.3 is 0 Å². The van der Waals surface area contributed by atoms with Gasteiger partial charge in [-0.25, -0.2) is 15.4 Å². The first kappa shape index (κ1) is 22.9. The van der Waals surface area contributed by atoms with E-state index in [0.717, 1.165) is 28.8 Å². The van der Waals surface area contributed by atoms with Gasteiger partial charge in [-0.3, -0.25) is 14.9 Å². The van der Waals surface area contributed by atoms with Crippen LogP contribution in [0.4, 0.5) is 5.69 Å².